The van der Waals surface area contributed by atoms with E-state index in [0.717, 1.165) is 16.9 Å². The number of benzene rings is 1. The van der Waals surface area contributed by atoms with E-state index in [1.807, 2.05) is 26.0 Å². The Balaban J connectivity index is 1.77. The van der Waals surface area contributed by atoms with Crippen LogP contribution in [0, 0.1) is 13.8 Å². The standard InChI is InChI=1S/C16H20N2O3/c1-11-5-12(2)7-14(6-11)20-4-3-18-16(19)13-8-15(9-17)21-10-13/h5-8,10H,3-4,9,17H2,1-2H3,(H,18,19). The lowest BCUT2D eigenvalue weighted by Crippen LogP contribution is -2.27. The van der Waals surface area contributed by atoms with E-state index in [2.05, 4.69) is 11.4 Å². The van der Waals surface area contributed by atoms with Gasteiger partial charge in [0.2, 0.25) is 0 Å². The molecule has 0 aliphatic rings. The molecule has 0 aliphatic heterocycles. The maximum Gasteiger partial charge on any atom is 0.254 e. The number of ether oxygens (including phenoxy) is 1. The smallest absolute Gasteiger partial charge is 0.254 e. The number of furan rings is 1. The Labute approximate surface area is 124 Å². The molecule has 0 bridgehead atoms. The number of carbonyl (C=O) groups is 1. The molecule has 0 spiro atoms. The van der Waals surface area contributed by atoms with E-state index in [1.165, 1.54) is 6.26 Å². The lowest BCUT2D eigenvalue weighted by Gasteiger charge is -2.08. The Morgan fingerprint density at radius 3 is 2.57 bits per heavy atom. The van der Waals surface area contributed by atoms with Gasteiger partial charge in [0.1, 0.15) is 24.4 Å². The number of hydrogen-bond acceptors (Lipinski definition) is 4. The van der Waals surface area contributed by atoms with Crippen molar-refractivity contribution in [3.8, 4) is 5.75 Å². The molecule has 112 valence electrons. The molecule has 1 aromatic carbocycles. The summed E-state index contributed by atoms with van der Waals surface area (Å²) in [6.07, 6.45) is 1.41. The van der Waals surface area contributed by atoms with Gasteiger partial charge < -0.3 is 20.2 Å². The highest BCUT2D eigenvalue weighted by molar-refractivity contribution is 5.93. The van der Waals surface area contributed by atoms with Crippen LogP contribution in [0.15, 0.2) is 34.9 Å². The second kappa shape index (κ2) is 6.95. The van der Waals surface area contributed by atoms with Gasteiger partial charge in [0.25, 0.3) is 5.91 Å². The minimum Gasteiger partial charge on any atom is -0.492 e. The van der Waals surface area contributed by atoms with E-state index in [1.54, 1.807) is 6.07 Å². The van der Waals surface area contributed by atoms with Gasteiger partial charge in [-0.1, -0.05) is 6.07 Å². The minimum absolute atomic E-state index is 0.192. The van der Waals surface area contributed by atoms with Crippen LogP contribution in [0.25, 0.3) is 0 Å². The van der Waals surface area contributed by atoms with Gasteiger partial charge in [-0.15, -0.1) is 0 Å². The summed E-state index contributed by atoms with van der Waals surface area (Å²) in [5.41, 5.74) is 8.21. The van der Waals surface area contributed by atoms with Crippen molar-refractivity contribution >= 4 is 5.91 Å². The van der Waals surface area contributed by atoms with E-state index >= 15 is 0 Å². The van der Waals surface area contributed by atoms with E-state index < -0.39 is 0 Å². The molecule has 1 heterocycles. The van der Waals surface area contributed by atoms with Crippen molar-refractivity contribution in [1.29, 1.82) is 0 Å². The molecule has 5 heteroatoms. The van der Waals surface area contributed by atoms with Crippen LogP contribution in [-0.2, 0) is 6.54 Å². The number of nitrogens with two attached hydrogens (primary N) is 1. The highest BCUT2D eigenvalue weighted by Gasteiger charge is 2.08. The lowest BCUT2D eigenvalue weighted by molar-refractivity contribution is 0.0946. The summed E-state index contributed by atoms with van der Waals surface area (Å²) in [7, 11) is 0. The highest BCUT2D eigenvalue weighted by Crippen LogP contribution is 2.15. The molecule has 0 unspecified atom stereocenters. The molecule has 21 heavy (non-hydrogen) atoms. The van der Waals surface area contributed by atoms with Crippen molar-refractivity contribution < 1.29 is 13.9 Å². The average molecular weight is 288 g/mol. The first-order valence-electron chi connectivity index (χ1n) is 6.85. The van der Waals surface area contributed by atoms with E-state index in [9.17, 15) is 4.79 Å². The first-order valence-corrected chi connectivity index (χ1v) is 6.85. The van der Waals surface area contributed by atoms with Gasteiger partial charge >= 0.3 is 0 Å². The van der Waals surface area contributed by atoms with Crippen LogP contribution >= 0.6 is 0 Å². The molecule has 0 radical (unpaired) electrons. The topological polar surface area (TPSA) is 77.5 Å². The summed E-state index contributed by atoms with van der Waals surface area (Å²) in [6, 6.07) is 7.67. The second-order valence-electron chi connectivity index (χ2n) is 4.93. The van der Waals surface area contributed by atoms with Crippen LogP contribution in [0.5, 0.6) is 5.75 Å². The SMILES string of the molecule is Cc1cc(C)cc(OCCNC(=O)c2coc(CN)c2)c1. The largest absolute Gasteiger partial charge is 0.492 e. The fraction of sp³-hybridized carbons (Fsp3) is 0.312. The molecule has 5 nitrogen and oxygen atoms in total. The molecule has 2 aromatic rings. The number of carbonyl (C=O) groups excluding carboxylic acids is 1. The molecular weight excluding hydrogens is 268 g/mol. The third-order valence-corrected chi connectivity index (χ3v) is 2.97. The quantitative estimate of drug-likeness (QED) is 0.799. The number of aryl methyl sites for hydroxylation is 2. The van der Waals surface area contributed by atoms with Crippen molar-refractivity contribution in [3.05, 3.63) is 53.0 Å². The fourth-order valence-corrected chi connectivity index (χ4v) is 2.06. The van der Waals surface area contributed by atoms with Crippen LogP contribution in [0.1, 0.15) is 27.2 Å². The zero-order chi connectivity index (χ0) is 15.2. The van der Waals surface area contributed by atoms with Crippen LogP contribution in [-0.4, -0.2) is 19.1 Å². The summed E-state index contributed by atoms with van der Waals surface area (Å²) < 4.78 is 10.7. The minimum atomic E-state index is -0.192. The summed E-state index contributed by atoms with van der Waals surface area (Å²) in [4.78, 5) is 11.8. The zero-order valence-electron chi connectivity index (χ0n) is 12.3. The Morgan fingerprint density at radius 2 is 1.95 bits per heavy atom. The number of hydrogen-bond donors (Lipinski definition) is 2. The monoisotopic (exact) mass is 288 g/mol. The number of amides is 1. The van der Waals surface area contributed by atoms with Gasteiger partial charge in [-0.05, 0) is 43.2 Å². The molecule has 0 saturated heterocycles. The zero-order valence-corrected chi connectivity index (χ0v) is 12.3. The maximum absolute atomic E-state index is 11.8. The third-order valence-electron chi connectivity index (χ3n) is 2.97. The summed E-state index contributed by atoms with van der Waals surface area (Å²) >= 11 is 0. The number of rotatable bonds is 6. The Morgan fingerprint density at radius 1 is 1.24 bits per heavy atom. The van der Waals surface area contributed by atoms with Crippen LogP contribution in [0.2, 0.25) is 0 Å². The van der Waals surface area contributed by atoms with E-state index in [0.29, 0.717) is 24.5 Å². The summed E-state index contributed by atoms with van der Waals surface area (Å²) in [5, 5.41) is 2.77. The third kappa shape index (κ3) is 4.36. The van der Waals surface area contributed by atoms with Crippen molar-refractivity contribution in [2.24, 2.45) is 5.73 Å². The molecular formula is C16H20N2O3. The van der Waals surface area contributed by atoms with Crippen LogP contribution in [0.3, 0.4) is 0 Å². The fourth-order valence-electron chi connectivity index (χ4n) is 2.06. The predicted molar refractivity (Wildman–Crippen MR) is 80.3 cm³/mol. The van der Waals surface area contributed by atoms with Crippen LogP contribution < -0.4 is 15.8 Å². The molecule has 0 aliphatic carbocycles. The highest BCUT2D eigenvalue weighted by atomic mass is 16.5. The van der Waals surface area contributed by atoms with E-state index in [4.69, 9.17) is 14.9 Å². The lowest BCUT2D eigenvalue weighted by atomic mass is 10.1. The van der Waals surface area contributed by atoms with E-state index in [-0.39, 0.29) is 12.5 Å². The normalized spacial score (nSPS) is 10.4. The van der Waals surface area contributed by atoms with Gasteiger partial charge in [-0.3, -0.25) is 4.79 Å². The predicted octanol–water partition coefficient (Wildman–Crippen LogP) is 2.16. The van der Waals surface area contributed by atoms with Crippen molar-refractivity contribution in [1.82, 2.24) is 5.32 Å². The average Bonchev–Trinajstić information content (AvgIpc) is 2.91. The molecule has 0 saturated carbocycles. The van der Waals surface area contributed by atoms with Gasteiger partial charge in [0.05, 0.1) is 18.7 Å². The van der Waals surface area contributed by atoms with Gasteiger partial charge in [0.15, 0.2) is 0 Å². The maximum atomic E-state index is 11.8. The van der Waals surface area contributed by atoms with Crippen molar-refractivity contribution in [3.63, 3.8) is 0 Å². The molecule has 0 atom stereocenters. The molecule has 1 aromatic heterocycles. The Kier molecular flexibility index (Phi) is 5.00. The van der Waals surface area contributed by atoms with Crippen LogP contribution in [0.4, 0.5) is 0 Å². The van der Waals surface area contributed by atoms with Gasteiger partial charge in [-0.2, -0.15) is 0 Å². The Hall–Kier alpha value is -2.27. The van der Waals surface area contributed by atoms with Gasteiger partial charge in [-0.25, -0.2) is 0 Å². The molecule has 1 amide bonds. The number of nitrogens with one attached hydrogen (secondary N) is 1. The molecule has 3 N–H and O–H groups in total. The first kappa shape index (κ1) is 15.1. The van der Waals surface area contributed by atoms with Crippen molar-refractivity contribution in [2.75, 3.05) is 13.2 Å². The first-order chi connectivity index (χ1) is 10.1. The molecule has 0 fully saturated rings. The second-order valence-corrected chi connectivity index (χ2v) is 4.93. The van der Waals surface area contributed by atoms with Gasteiger partial charge in [0, 0.05) is 0 Å². The molecule has 2 rings (SSSR count). The Bertz CT molecular complexity index is 599. The summed E-state index contributed by atoms with van der Waals surface area (Å²) in [5.74, 6) is 1.21. The summed E-state index contributed by atoms with van der Waals surface area (Å²) in [6.45, 7) is 5.17. The van der Waals surface area contributed by atoms with Crippen molar-refractivity contribution in [2.45, 2.75) is 20.4 Å².